The van der Waals surface area contributed by atoms with E-state index in [9.17, 15) is 22.8 Å². The molecule has 0 spiro atoms. The van der Waals surface area contributed by atoms with Gasteiger partial charge >= 0.3 is 11.9 Å². The van der Waals surface area contributed by atoms with Crippen molar-refractivity contribution in [2.45, 2.75) is 45.6 Å². The lowest BCUT2D eigenvalue weighted by Gasteiger charge is -2.19. The first-order valence-corrected chi connectivity index (χ1v) is 11.6. The fraction of sp³-hybridized carbons (Fsp3) is 0.409. The van der Waals surface area contributed by atoms with Gasteiger partial charge in [-0.2, -0.15) is 4.31 Å². The molecule has 0 amide bonds. The fourth-order valence-electron chi connectivity index (χ4n) is 3.39. The molecule has 1 aromatic heterocycles. The monoisotopic (exact) mass is 464 g/mol. The minimum absolute atomic E-state index is 0.00696. The molecule has 174 valence electrons. The van der Waals surface area contributed by atoms with Crippen LogP contribution in [0.5, 0.6) is 0 Å². The summed E-state index contributed by atoms with van der Waals surface area (Å²) in [7, 11) is -2.51. The second-order valence-corrected chi connectivity index (χ2v) is 9.08. The molecule has 10 heteroatoms. The molecule has 9 nitrogen and oxygen atoms in total. The van der Waals surface area contributed by atoms with Gasteiger partial charge in [0.2, 0.25) is 15.8 Å². The maximum absolute atomic E-state index is 12.8. The number of esters is 2. The van der Waals surface area contributed by atoms with Gasteiger partial charge in [0.05, 0.1) is 28.8 Å². The van der Waals surface area contributed by atoms with Crippen LogP contribution in [0.25, 0.3) is 0 Å². The third-order valence-corrected chi connectivity index (χ3v) is 7.19. The Kier molecular flexibility index (Phi) is 7.97. The molecule has 0 aliphatic heterocycles. The third kappa shape index (κ3) is 4.91. The first-order chi connectivity index (χ1) is 15.0. The number of nitrogens with zero attached hydrogens (tertiary/aromatic N) is 1. The van der Waals surface area contributed by atoms with Crippen molar-refractivity contribution in [3.63, 3.8) is 0 Å². The Labute approximate surface area is 187 Å². The Balaban J connectivity index is 2.25. The van der Waals surface area contributed by atoms with E-state index in [1.807, 2.05) is 0 Å². The van der Waals surface area contributed by atoms with Crippen molar-refractivity contribution in [1.29, 1.82) is 0 Å². The van der Waals surface area contributed by atoms with Gasteiger partial charge in [0.15, 0.2) is 6.10 Å². The van der Waals surface area contributed by atoms with Crippen molar-refractivity contribution < 1.29 is 32.3 Å². The van der Waals surface area contributed by atoms with Gasteiger partial charge < -0.3 is 14.5 Å². The summed E-state index contributed by atoms with van der Waals surface area (Å²) >= 11 is 0. The normalized spacial score (nSPS) is 12.5. The molecule has 0 saturated heterocycles. The van der Waals surface area contributed by atoms with E-state index in [1.54, 1.807) is 27.7 Å². The molecule has 1 aromatic carbocycles. The summed E-state index contributed by atoms with van der Waals surface area (Å²) in [5.41, 5.74) is 1.26. The molecule has 1 N–H and O–H groups in total. The minimum Gasteiger partial charge on any atom is -0.465 e. The van der Waals surface area contributed by atoms with E-state index in [2.05, 4.69) is 4.98 Å². The number of nitrogens with one attached hydrogen (secondary N) is 1. The van der Waals surface area contributed by atoms with Crippen LogP contribution in [0, 0.1) is 13.8 Å². The molecule has 1 atom stereocenters. The zero-order valence-corrected chi connectivity index (χ0v) is 19.8. The number of carbonyl (C=O) groups excluding carboxylic acids is 3. The first kappa shape index (κ1) is 25.3. The molecule has 2 rings (SSSR count). The molecule has 0 bridgehead atoms. The van der Waals surface area contributed by atoms with Crippen molar-refractivity contribution in [2.75, 3.05) is 20.2 Å². The summed E-state index contributed by atoms with van der Waals surface area (Å²) in [5.74, 6) is -1.94. The molecule has 0 saturated carbocycles. The van der Waals surface area contributed by atoms with Gasteiger partial charge in [-0.05, 0) is 44.5 Å². The Morgan fingerprint density at radius 2 is 1.72 bits per heavy atom. The van der Waals surface area contributed by atoms with Gasteiger partial charge in [-0.1, -0.05) is 19.9 Å². The number of ketones is 1. The van der Waals surface area contributed by atoms with Crippen LogP contribution in [0.4, 0.5) is 0 Å². The van der Waals surface area contributed by atoms with Gasteiger partial charge in [0.25, 0.3) is 0 Å². The summed E-state index contributed by atoms with van der Waals surface area (Å²) in [6.45, 7) is 8.67. The van der Waals surface area contributed by atoms with E-state index in [1.165, 1.54) is 42.6 Å². The van der Waals surface area contributed by atoms with Crippen molar-refractivity contribution in [1.82, 2.24) is 9.29 Å². The number of sulfonamides is 1. The highest BCUT2D eigenvalue weighted by Crippen LogP contribution is 2.22. The zero-order valence-electron chi connectivity index (χ0n) is 19.0. The standard InChI is InChI=1S/C22H28N2O7S/c1-7-24(8-2)32(28,29)17-11-9-10-16(12-17)21(26)31-15(5)20(25)19-13(3)18(14(4)23-19)22(27)30-6/h9-12,15,23H,7-8H2,1-6H3/t15-/m1/s1. The maximum atomic E-state index is 12.8. The number of H-pyrrole nitrogens is 1. The molecule has 2 aromatic rings. The lowest BCUT2D eigenvalue weighted by atomic mass is 10.1. The zero-order chi connectivity index (χ0) is 24.2. The Morgan fingerprint density at radius 3 is 2.28 bits per heavy atom. The van der Waals surface area contributed by atoms with Crippen LogP contribution in [0.3, 0.4) is 0 Å². The van der Waals surface area contributed by atoms with Crippen molar-refractivity contribution in [3.8, 4) is 0 Å². The number of hydrogen-bond acceptors (Lipinski definition) is 7. The van der Waals surface area contributed by atoms with Crippen LogP contribution in [0.15, 0.2) is 29.2 Å². The lowest BCUT2D eigenvalue weighted by Crippen LogP contribution is -2.30. The van der Waals surface area contributed by atoms with Crippen LogP contribution < -0.4 is 0 Å². The summed E-state index contributed by atoms with van der Waals surface area (Å²) in [6.07, 6.45) is -1.17. The number of ether oxygens (including phenoxy) is 2. The molecule has 0 aliphatic carbocycles. The van der Waals surface area contributed by atoms with E-state index in [4.69, 9.17) is 9.47 Å². The smallest absolute Gasteiger partial charge is 0.339 e. The number of methoxy groups -OCH3 is 1. The second-order valence-electron chi connectivity index (χ2n) is 7.15. The lowest BCUT2D eigenvalue weighted by molar-refractivity contribution is 0.0316. The second kappa shape index (κ2) is 10.1. The predicted molar refractivity (Wildman–Crippen MR) is 117 cm³/mol. The summed E-state index contributed by atoms with van der Waals surface area (Å²) in [6, 6.07) is 5.49. The molecule has 0 fully saturated rings. The molecule has 32 heavy (non-hydrogen) atoms. The molecule has 0 unspecified atom stereocenters. The van der Waals surface area contributed by atoms with Gasteiger partial charge in [0.1, 0.15) is 0 Å². The van der Waals surface area contributed by atoms with Crippen LogP contribution in [0.1, 0.15) is 63.2 Å². The number of rotatable bonds is 9. The van der Waals surface area contributed by atoms with Crippen molar-refractivity contribution >= 4 is 27.7 Å². The third-order valence-electron chi connectivity index (χ3n) is 5.14. The molecular formula is C22H28N2O7S. The van der Waals surface area contributed by atoms with Crippen molar-refractivity contribution in [2.24, 2.45) is 0 Å². The number of aromatic nitrogens is 1. The van der Waals surface area contributed by atoms with E-state index in [0.717, 1.165) is 0 Å². The number of aryl methyl sites for hydroxylation is 1. The first-order valence-electron chi connectivity index (χ1n) is 10.1. The van der Waals surface area contributed by atoms with E-state index >= 15 is 0 Å². The van der Waals surface area contributed by atoms with Gasteiger partial charge in [-0.15, -0.1) is 0 Å². The SMILES string of the molecule is CCN(CC)S(=O)(=O)c1cccc(C(=O)O[C@H](C)C(=O)c2[nH]c(C)c(C(=O)OC)c2C)c1. The maximum Gasteiger partial charge on any atom is 0.339 e. The van der Waals surface area contributed by atoms with E-state index in [0.29, 0.717) is 24.3 Å². The molecular weight excluding hydrogens is 436 g/mol. The van der Waals surface area contributed by atoms with Crippen LogP contribution >= 0.6 is 0 Å². The summed E-state index contributed by atoms with van der Waals surface area (Å²) < 4.78 is 36.7. The van der Waals surface area contributed by atoms with Gasteiger partial charge in [-0.3, -0.25) is 4.79 Å². The topological polar surface area (TPSA) is 123 Å². The average Bonchev–Trinajstić information content (AvgIpc) is 3.07. The minimum atomic E-state index is -3.75. The highest BCUT2D eigenvalue weighted by Gasteiger charge is 2.28. The number of Topliss-reactive ketones (excluding diaryl/α,β-unsaturated/α-hetero) is 1. The highest BCUT2D eigenvalue weighted by atomic mass is 32.2. The van der Waals surface area contributed by atoms with Gasteiger partial charge in [0, 0.05) is 18.8 Å². The Bertz CT molecular complexity index is 1130. The molecule has 0 aliphatic rings. The average molecular weight is 465 g/mol. The number of benzene rings is 1. The van der Waals surface area contributed by atoms with Crippen molar-refractivity contribution in [3.05, 3.63) is 52.3 Å². The Hall–Kier alpha value is -2.98. The Morgan fingerprint density at radius 1 is 1.09 bits per heavy atom. The predicted octanol–water partition coefficient (Wildman–Crippen LogP) is 2.88. The quantitative estimate of drug-likeness (QED) is 0.447. The van der Waals surface area contributed by atoms with E-state index < -0.39 is 33.8 Å². The van der Waals surface area contributed by atoms with Gasteiger partial charge in [-0.25, -0.2) is 18.0 Å². The largest absolute Gasteiger partial charge is 0.465 e. The summed E-state index contributed by atoms with van der Waals surface area (Å²) in [5, 5.41) is 0. The fourth-order valence-corrected chi connectivity index (χ4v) is 4.89. The summed E-state index contributed by atoms with van der Waals surface area (Å²) in [4.78, 5) is 40.2. The number of carbonyl (C=O) groups is 3. The number of aromatic amines is 1. The number of hydrogen-bond donors (Lipinski definition) is 1. The van der Waals surface area contributed by atoms with Crippen LogP contribution in [-0.2, 0) is 19.5 Å². The van der Waals surface area contributed by atoms with Crippen LogP contribution in [0.2, 0.25) is 0 Å². The molecule has 0 radical (unpaired) electrons. The van der Waals surface area contributed by atoms with E-state index in [-0.39, 0.29) is 21.7 Å². The highest BCUT2D eigenvalue weighted by molar-refractivity contribution is 7.89. The molecule has 1 heterocycles. The van der Waals surface area contributed by atoms with Crippen LogP contribution in [-0.4, -0.2) is 61.7 Å².